The SMILES string of the molecule is CCCCCCCCCCCCCC(=O)OCC[N+](C)(C)CCOC(=O)c1ccc(C(=O)c2ccc(CCCCCC)cc2)cc1. The molecule has 2 rings (SSSR count). The second-order valence-electron chi connectivity index (χ2n) is 13.4. The fourth-order valence-electron chi connectivity index (χ4n) is 5.50. The maximum absolute atomic E-state index is 12.9. The van der Waals surface area contributed by atoms with E-state index in [2.05, 4.69) is 13.8 Å². The maximum atomic E-state index is 12.9. The standard InChI is InChI=1S/C40H62NO5/c1-5-7-9-11-12-13-14-15-16-17-19-21-38(42)45-32-30-41(3,4)31-33-46-40(44)37-28-26-36(27-29-37)39(43)35-24-22-34(23-25-35)20-18-10-8-6-2/h22-29H,5-21,30-33H2,1-4H3/q+1. The van der Waals surface area contributed by atoms with Gasteiger partial charge in [-0.3, -0.25) is 9.59 Å². The van der Waals surface area contributed by atoms with Crippen molar-refractivity contribution in [3.8, 4) is 0 Å². The molecule has 0 amide bonds. The quantitative estimate of drug-likeness (QED) is 0.0445. The van der Waals surface area contributed by atoms with Gasteiger partial charge in [0.25, 0.3) is 0 Å². The molecule has 0 aromatic heterocycles. The Morgan fingerprint density at radius 3 is 1.52 bits per heavy atom. The molecule has 2 aromatic rings. The highest BCUT2D eigenvalue weighted by Gasteiger charge is 2.18. The Balaban J connectivity index is 1.59. The monoisotopic (exact) mass is 636 g/mol. The third kappa shape index (κ3) is 17.1. The average molecular weight is 637 g/mol. The summed E-state index contributed by atoms with van der Waals surface area (Å²) < 4.78 is 11.6. The number of hydrogen-bond acceptors (Lipinski definition) is 5. The number of benzene rings is 2. The van der Waals surface area contributed by atoms with Crippen LogP contribution in [0.4, 0.5) is 0 Å². The molecule has 6 heteroatoms. The molecule has 6 nitrogen and oxygen atoms in total. The van der Waals surface area contributed by atoms with E-state index in [1.807, 2.05) is 38.4 Å². The summed E-state index contributed by atoms with van der Waals surface area (Å²) in [6.07, 6.45) is 20.3. The third-order valence-corrected chi connectivity index (χ3v) is 8.79. The van der Waals surface area contributed by atoms with Gasteiger partial charge in [0.2, 0.25) is 0 Å². The largest absolute Gasteiger partial charge is 0.460 e. The molecule has 0 unspecified atom stereocenters. The number of unbranched alkanes of at least 4 members (excludes halogenated alkanes) is 13. The van der Waals surface area contributed by atoms with Gasteiger partial charge < -0.3 is 14.0 Å². The Morgan fingerprint density at radius 1 is 0.543 bits per heavy atom. The van der Waals surface area contributed by atoms with Crippen LogP contribution in [0.1, 0.15) is 148 Å². The van der Waals surface area contributed by atoms with Crippen LogP contribution in [0.15, 0.2) is 48.5 Å². The number of carbonyl (C=O) groups excluding carboxylic acids is 3. The van der Waals surface area contributed by atoms with Crippen LogP contribution in [0.25, 0.3) is 0 Å². The van der Waals surface area contributed by atoms with E-state index in [9.17, 15) is 14.4 Å². The molecule has 0 atom stereocenters. The Morgan fingerprint density at radius 2 is 0.978 bits per heavy atom. The lowest BCUT2D eigenvalue weighted by molar-refractivity contribution is -0.890. The topological polar surface area (TPSA) is 69.7 Å². The first kappa shape index (κ1) is 39.2. The number of nitrogens with zero attached hydrogens (tertiary/aromatic N) is 1. The van der Waals surface area contributed by atoms with E-state index in [-0.39, 0.29) is 18.4 Å². The first-order valence-corrected chi connectivity index (χ1v) is 18.1. The molecule has 0 aliphatic heterocycles. The zero-order valence-electron chi connectivity index (χ0n) is 29.5. The van der Waals surface area contributed by atoms with Crippen LogP contribution in [-0.4, -0.2) is 62.6 Å². The Bertz CT molecular complexity index is 1120. The summed E-state index contributed by atoms with van der Waals surface area (Å²) in [7, 11) is 4.07. The van der Waals surface area contributed by atoms with Gasteiger partial charge in [0, 0.05) is 17.5 Å². The highest BCUT2D eigenvalue weighted by atomic mass is 16.5. The molecule has 2 aromatic carbocycles. The molecular formula is C40H62NO5+. The number of esters is 2. The van der Waals surface area contributed by atoms with Crippen LogP contribution < -0.4 is 0 Å². The van der Waals surface area contributed by atoms with Gasteiger partial charge in [-0.05, 0) is 37.0 Å². The molecule has 0 fully saturated rings. The number of ether oxygens (including phenoxy) is 2. The molecule has 0 radical (unpaired) electrons. The van der Waals surface area contributed by atoms with Crippen LogP contribution in [0.2, 0.25) is 0 Å². The fourth-order valence-corrected chi connectivity index (χ4v) is 5.50. The maximum Gasteiger partial charge on any atom is 0.338 e. The Hall–Kier alpha value is -2.99. The fraction of sp³-hybridized carbons (Fsp3) is 0.625. The number of aryl methyl sites for hydroxylation is 1. The highest BCUT2D eigenvalue weighted by Crippen LogP contribution is 2.16. The van der Waals surface area contributed by atoms with Crippen LogP contribution >= 0.6 is 0 Å². The van der Waals surface area contributed by atoms with Gasteiger partial charge in [0.1, 0.15) is 26.3 Å². The predicted octanol–water partition coefficient (Wildman–Crippen LogP) is 9.52. The van der Waals surface area contributed by atoms with Crippen LogP contribution in [0.5, 0.6) is 0 Å². The molecule has 0 saturated heterocycles. The Kier molecular flexibility index (Phi) is 19.9. The average Bonchev–Trinajstić information content (AvgIpc) is 3.05. The van der Waals surface area contributed by atoms with Gasteiger partial charge in [-0.25, -0.2) is 4.79 Å². The number of carbonyl (C=O) groups is 3. The van der Waals surface area contributed by atoms with E-state index in [0.29, 0.717) is 47.3 Å². The van der Waals surface area contributed by atoms with Crippen LogP contribution in [0, 0.1) is 0 Å². The minimum absolute atomic E-state index is 0.0593. The first-order chi connectivity index (χ1) is 22.3. The number of quaternary nitrogens is 1. The van der Waals surface area contributed by atoms with Gasteiger partial charge in [0.15, 0.2) is 5.78 Å². The molecule has 0 bridgehead atoms. The van der Waals surface area contributed by atoms with E-state index >= 15 is 0 Å². The molecule has 0 spiro atoms. The lowest BCUT2D eigenvalue weighted by atomic mass is 9.99. The third-order valence-electron chi connectivity index (χ3n) is 8.79. The van der Waals surface area contributed by atoms with Crippen LogP contribution in [-0.2, 0) is 20.7 Å². The number of ketones is 1. The Labute approximate surface area is 279 Å². The van der Waals surface area contributed by atoms with Crippen molar-refractivity contribution in [3.63, 3.8) is 0 Å². The minimum atomic E-state index is -0.412. The van der Waals surface area contributed by atoms with Crippen molar-refractivity contribution >= 4 is 17.7 Å². The van der Waals surface area contributed by atoms with E-state index in [0.717, 1.165) is 19.3 Å². The summed E-state index contributed by atoms with van der Waals surface area (Å²) in [4.78, 5) is 37.7. The molecule has 0 aliphatic carbocycles. The molecule has 0 heterocycles. The lowest BCUT2D eigenvalue weighted by Gasteiger charge is -2.29. The van der Waals surface area contributed by atoms with E-state index < -0.39 is 5.97 Å². The van der Waals surface area contributed by atoms with Gasteiger partial charge >= 0.3 is 11.9 Å². The van der Waals surface area contributed by atoms with E-state index in [4.69, 9.17) is 9.47 Å². The molecule has 256 valence electrons. The molecular weight excluding hydrogens is 574 g/mol. The summed E-state index contributed by atoms with van der Waals surface area (Å²) in [5.41, 5.74) is 2.86. The number of hydrogen-bond donors (Lipinski definition) is 0. The second kappa shape index (κ2) is 23.3. The molecule has 46 heavy (non-hydrogen) atoms. The normalized spacial score (nSPS) is 11.4. The van der Waals surface area contributed by atoms with Crippen molar-refractivity contribution in [3.05, 3.63) is 70.8 Å². The number of rotatable bonds is 26. The van der Waals surface area contributed by atoms with Gasteiger partial charge in [0.05, 0.1) is 19.7 Å². The van der Waals surface area contributed by atoms with Crippen molar-refractivity contribution < 1.29 is 28.3 Å². The molecule has 0 saturated carbocycles. The summed E-state index contributed by atoms with van der Waals surface area (Å²) in [6, 6.07) is 14.5. The van der Waals surface area contributed by atoms with Gasteiger partial charge in [-0.1, -0.05) is 134 Å². The predicted molar refractivity (Wildman–Crippen MR) is 188 cm³/mol. The highest BCUT2D eigenvalue weighted by molar-refractivity contribution is 6.09. The van der Waals surface area contributed by atoms with Crippen molar-refractivity contribution in [2.75, 3.05) is 40.4 Å². The van der Waals surface area contributed by atoms with Gasteiger partial charge in [-0.2, -0.15) is 0 Å². The molecule has 0 aliphatic rings. The van der Waals surface area contributed by atoms with Gasteiger partial charge in [-0.15, -0.1) is 0 Å². The first-order valence-electron chi connectivity index (χ1n) is 18.1. The molecule has 0 N–H and O–H groups in total. The lowest BCUT2D eigenvalue weighted by Crippen LogP contribution is -2.45. The zero-order chi connectivity index (χ0) is 33.5. The van der Waals surface area contributed by atoms with E-state index in [1.54, 1.807) is 24.3 Å². The van der Waals surface area contributed by atoms with E-state index in [1.165, 1.54) is 89.0 Å². The number of likely N-dealkylation sites (N-methyl/N-ethyl adjacent to an activating group) is 1. The minimum Gasteiger partial charge on any atom is -0.460 e. The van der Waals surface area contributed by atoms with Crippen LogP contribution in [0.3, 0.4) is 0 Å². The summed E-state index contributed by atoms with van der Waals surface area (Å²) in [6.45, 7) is 6.33. The summed E-state index contributed by atoms with van der Waals surface area (Å²) >= 11 is 0. The zero-order valence-corrected chi connectivity index (χ0v) is 29.5. The summed E-state index contributed by atoms with van der Waals surface area (Å²) in [5, 5.41) is 0. The van der Waals surface area contributed by atoms with Crippen molar-refractivity contribution in [1.82, 2.24) is 0 Å². The van der Waals surface area contributed by atoms with Crippen molar-refractivity contribution in [2.24, 2.45) is 0 Å². The van der Waals surface area contributed by atoms with Crippen molar-refractivity contribution in [1.29, 1.82) is 0 Å². The smallest absolute Gasteiger partial charge is 0.338 e. The summed E-state index contributed by atoms with van der Waals surface area (Å²) in [5.74, 6) is -0.597. The second-order valence-corrected chi connectivity index (χ2v) is 13.4. The van der Waals surface area contributed by atoms with Crippen molar-refractivity contribution in [2.45, 2.75) is 123 Å².